The zero-order chi connectivity index (χ0) is 31.5. The summed E-state index contributed by atoms with van der Waals surface area (Å²) < 4.78 is 21.4. The van der Waals surface area contributed by atoms with Gasteiger partial charge in [-0.25, -0.2) is 14.2 Å². The molecular weight excluding hydrogens is 591 g/mol. The molecule has 0 aliphatic carbocycles. The van der Waals surface area contributed by atoms with E-state index in [1.165, 1.54) is 38.2 Å². The van der Waals surface area contributed by atoms with Crippen LogP contribution in [0.2, 0.25) is 5.02 Å². The first kappa shape index (κ1) is 30.9. The Kier molecular flexibility index (Phi) is 9.12. The molecule has 2 saturated heterocycles. The Bertz CT molecular complexity index is 1640. The first-order valence-corrected chi connectivity index (χ1v) is 14.4. The Morgan fingerprint density at radius 3 is 2.55 bits per heavy atom. The lowest BCUT2D eigenvalue weighted by Crippen LogP contribution is -2.56. The minimum absolute atomic E-state index is 0.0617. The third-order valence-corrected chi connectivity index (χ3v) is 8.17. The number of ether oxygens (including phenoxy) is 1. The Hall–Kier alpha value is -4.55. The van der Waals surface area contributed by atoms with Crippen LogP contribution in [0.25, 0.3) is 22.4 Å². The van der Waals surface area contributed by atoms with Gasteiger partial charge < -0.3 is 25.6 Å². The van der Waals surface area contributed by atoms with Crippen molar-refractivity contribution in [3.05, 3.63) is 64.9 Å². The van der Waals surface area contributed by atoms with Crippen molar-refractivity contribution in [1.29, 1.82) is 0 Å². The summed E-state index contributed by atoms with van der Waals surface area (Å²) >= 11 is 6.83. The fraction of sp³-hybridized carbons (Fsp3) is 0.323. The number of rotatable bonds is 9. The normalized spacial score (nSPS) is 18.4. The number of nitrogens with one attached hydrogen (secondary N) is 3. The van der Waals surface area contributed by atoms with Crippen molar-refractivity contribution in [2.45, 2.75) is 25.4 Å². The summed E-state index contributed by atoms with van der Waals surface area (Å²) in [5.41, 5.74) is 2.28. The molecule has 0 bridgehead atoms. The highest BCUT2D eigenvalue weighted by molar-refractivity contribution is 6.36. The predicted molar refractivity (Wildman–Crippen MR) is 162 cm³/mol. The number of methoxy groups -OCH3 is 1. The zero-order valence-electron chi connectivity index (χ0n) is 24.4. The molecular formula is C31H32ClFN6O5. The van der Waals surface area contributed by atoms with Gasteiger partial charge in [-0.2, -0.15) is 0 Å². The second-order valence-electron chi connectivity index (χ2n) is 10.7. The highest BCUT2D eigenvalue weighted by atomic mass is 35.5. The van der Waals surface area contributed by atoms with Crippen LogP contribution in [-0.4, -0.2) is 78.9 Å². The van der Waals surface area contributed by atoms with E-state index in [0.29, 0.717) is 42.2 Å². The third kappa shape index (κ3) is 6.22. The van der Waals surface area contributed by atoms with Gasteiger partial charge in [0.15, 0.2) is 5.82 Å². The lowest BCUT2D eigenvalue weighted by molar-refractivity contribution is -0.140. The maximum Gasteiger partial charge on any atom is 0.326 e. The summed E-state index contributed by atoms with van der Waals surface area (Å²) in [6.45, 7) is 0.989. The molecule has 5 amide bonds. The molecule has 3 aromatic rings. The molecule has 3 heterocycles. The molecule has 44 heavy (non-hydrogen) atoms. The van der Waals surface area contributed by atoms with E-state index in [9.17, 15) is 19.2 Å². The van der Waals surface area contributed by atoms with Crippen LogP contribution in [0.4, 0.5) is 14.9 Å². The number of anilines is 1. The van der Waals surface area contributed by atoms with Gasteiger partial charge in [-0.3, -0.25) is 19.3 Å². The molecule has 0 spiro atoms. The molecule has 0 radical (unpaired) electrons. The highest BCUT2D eigenvalue weighted by Crippen LogP contribution is 2.39. The standard InChI is InChI=1S/C31H32ClFN6O5/c1-38-16-22(30(42)39(2)31(38)43)28(41)36-24-9-5-7-20(27(24)33)19-6-4-8-21(26(19)32)23-12-10-17(29(37-23)44-3)14-34-15-18-11-13-25(40)35-18/h4-10,12,18,22,34H,11,13-16H2,1-3H3,(H,35,40)(H,36,41)/t18-,22?/m0/s1. The fourth-order valence-corrected chi connectivity index (χ4v) is 5.67. The van der Waals surface area contributed by atoms with E-state index in [4.69, 9.17) is 16.3 Å². The van der Waals surface area contributed by atoms with Gasteiger partial charge in [0.2, 0.25) is 23.6 Å². The minimum Gasteiger partial charge on any atom is -0.481 e. The van der Waals surface area contributed by atoms with Crippen LogP contribution in [-0.2, 0) is 20.9 Å². The fourth-order valence-electron chi connectivity index (χ4n) is 5.35. The molecule has 0 saturated carbocycles. The first-order valence-electron chi connectivity index (χ1n) is 14.0. The lowest BCUT2D eigenvalue weighted by atomic mass is 9.99. The number of imide groups is 1. The number of carbonyl (C=O) groups is 4. The number of halogens is 2. The van der Waals surface area contributed by atoms with E-state index in [0.717, 1.165) is 16.9 Å². The van der Waals surface area contributed by atoms with Gasteiger partial charge >= 0.3 is 6.03 Å². The zero-order valence-corrected chi connectivity index (χ0v) is 25.2. The highest BCUT2D eigenvalue weighted by Gasteiger charge is 2.39. The topological polar surface area (TPSA) is 133 Å². The molecule has 2 aromatic carbocycles. The molecule has 13 heteroatoms. The van der Waals surface area contributed by atoms with Crippen LogP contribution in [0.1, 0.15) is 18.4 Å². The number of amides is 5. The SMILES string of the molecule is COc1nc(-c2cccc(-c3cccc(NC(=O)C4CN(C)C(=O)N(C)C4=O)c3F)c2Cl)ccc1CNC[C@@H]1CCC(=O)N1. The molecule has 2 aliphatic rings. The van der Waals surface area contributed by atoms with Crippen molar-refractivity contribution in [3.8, 4) is 28.3 Å². The van der Waals surface area contributed by atoms with Crippen LogP contribution in [0.15, 0.2) is 48.5 Å². The van der Waals surface area contributed by atoms with Crippen molar-refractivity contribution in [1.82, 2.24) is 25.4 Å². The predicted octanol–water partition coefficient (Wildman–Crippen LogP) is 3.66. The van der Waals surface area contributed by atoms with Gasteiger partial charge in [0, 0.05) is 68.4 Å². The minimum atomic E-state index is -1.18. The van der Waals surface area contributed by atoms with E-state index in [1.54, 1.807) is 30.3 Å². The first-order chi connectivity index (χ1) is 21.1. The second kappa shape index (κ2) is 13.0. The quantitative estimate of drug-likeness (QED) is 0.310. The van der Waals surface area contributed by atoms with Crippen molar-refractivity contribution in [2.75, 3.05) is 39.6 Å². The van der Waals surface area contributed by atoms with Gasteiger partial charge in [-0.05, 0) is 18.6 Å². The average Bonchev–Trinajstić information content (AvgIpc) is 3.44. The van der Waals surface area contributed by atoms with Crippen LogP contribution >= 0.6 is 11.6 Å². The van der Waals surface area contributed by atoms with E-state index in [2.05, 4.69) is 20.9 Å². The van der Waals surface area contributed by atoms with E-state index < -0.39 is 29.6 Å². The molecule has 1 aromatic heterocycles. The summed E-state index contributed by atoms with van der Waals surface area (Å²) in [6.07, 6.45) is 1.33. The number of carbonyl (C=O) groups excluding carboxylic acids is 4. The number of hydrogen-bond acceptors (Lipinski definition) is 7. The summed E-state index contributed by atoms with van der Waals surface area (Å²) in [4.78, 5) is 55.8. The monoisotopic (exact) mass is 622 g/mol. The molecule has 2 aliphatic heterocycles. The van der Waals surface area contributed by atoms with Crippen LogP contribution in [0.3, 0.4) is 0 Å². The smallest absolute Gasteiger partial charge is 0.326 e. The molecule has 2 fully saturated rings. The van der Waals surface area contributed by atoms with Gasteiger partial charge in [0.25, 0.3) is 0 Å². The van der Waals surface area contributed by atoms with E-state index >= 15 is 4.39 Å². The third-order valence-electron chi connectivity index (χ3n) is 7.76. The molecule has 1 unspecified atom stereocenters. The Balaban J connectivity index is 1.35. The van der Waals surface area contributed by atoms with Crippen molar-refractivity contribution < 1.29 is 28.3 Å². The summed E-state index contributed by atoms with van der Waals surface area (Å²) in [6, 6.07) is 12.9. The summed E-state index contributed by atoms with van der Waals surface area (Å²) in [5.74, 6) is -2.84. The van der Waals surface area contributed by atoms with E-state index in [-0.39, 0.29) is 34.8 Å². The average molecular weight is 623 g/mol. The van der Waals surface area contributed by atoms with Gasteiger partial charge in [0.05, 0.1) is 23.5 Å². The van der Waals surface area contributed by atoms with Crippen LogP contribution in [0, 0.1) is 11.7 Å². The summed E-state index contributed by atoms with van der Waals surface area (Å²) in [5, 5.41) is 9.00. The number of hydrogen-bond donors (Lipinski definition) is 3. The Morgan fingerprint density at radius 1 is 1.09 bits per heavy atom. The molecule has 11 nitrogen and oxygen atoms in total. The molecule has 2 atom stereocenters. The summed E-state index contributed by atoms with van der Waals surface area (Å²) in [7, 11) is 4.30. The molecule has 5 rings (SSSR count). The lowest BCUT2D eigenvalue weighted by Gasteiger charge is -2.33. The van der Waals surface area contributed by atoms with Crippen LogP contribution < -0.4 is 20.7 Å². The number of benzene rings is 2. The maximum atomic E-state index is 15.8. The molecule has 3 N–H and O–H groups in total. The second-order valence-corrected chi connectivity index (χ2v) is 11.1. The van der Waals surface area contributed by atoms with E-state index in [1.807, 2.05) is 6.07 Å². The number of nitrogens with zero attached hydrogens (tertiary/aromatic N) is 3. The molecule has 230 valence electrons. The number of urea groups is 1. The Labute approximate surface area is 258 Å². The van der Waals surface area contributed by atoms with Crippen molar-refractivity contribution >= 4 is 41.0 Å². The van der Waals surface area contributed by atoms with Gasteiger partial charge in [0.1, 0.15) is 5.92 Å². The van der Waals surface area contributed by atoms with Crippen molar-refractivity contribution in [3.63, 3.8) is 0 Å². The number of aromatic nitrogens is 1. The maximum absolute atomic E-state index is 15.8. The van der Waals surface area contributed by atoms with Crippen molar-refractivity contribution in [2.24, 2.45) is 5.92 Å². The largest absolute Gasteiger partial charge is 0.481 e. The van der Waals surface area contributed by atoms with Gasteiger partial charge in [-0.1, -0.05) is 48.0 Å². The van der Waals surface area contributed by atoms with Gasteiger partial charge in [-0.15, -0.1) is 0 Å². The Morgan fingerprint density at radius 2 is 1.82 bits per heavy atom. The van der Waals surface area contributed by atoms with Crippen LogP contribution in [0.5, 0.6) is 5.88 Å². The number of pyridine rings is 1.